The number of morpholine rings is 1. The molecule has 39 heavy (non-hydrogen) atoms. The molecule has 0 bridgehead atoms. The Morgan fingerprint density at radius 2 is 1.97 bits per heavy atom. The van der Waals surface area contributed by atoms with Crippen LogP contribution < -0.4 is 9.47 Å². The monoisotopic (exact) mass is 665 g/mol. The van der Waals surface area contributed by atoms with Crippen molar-refractivity contribution in [2.75, 3.05) is 53.7 Å². The van der Waals surface area contributed by atoms with E-state index in [-0.39, 0.29) is 25.0 Å². The standard InChI is InChI=1S/C27H28IN3O7S/c1-4-37-23(32)16-38-24-20(28)12-17(13-21(24)35-3)14-22-26(34)30(2)27(39-22)29-19-7-5-6-18(15-19)25(33)31-8-10-36-11-9-31/h5-7,12-15H,4,8-11,16H2,1-3H3/b22-14+,29-27?. The summed E-state index contributed by atoms with van der Waals surface area (Å²) >= 11 is 3.33. The molecule has 0 radical (unpaired) electrons. The second-order valence-electron chi connectivity index (χ2n) is 8.45. The van der Waals surface area contributed by atoms with Crippen molar-refractivity contribution in [2.45, 2.75) is 6.92 Å². The zero-order valence-electron chi connectivity index (χ0n) is 21.8. The molecule has 2 aliphatic heterocycles. The fourth-order valence-corrected chi connectivity index (χ4v) is 5.64. The average molecular weight is 666 g/mol. The van der Waals surface area contributed by atoms with Crippen LogP contribution in [0.3, 0.4) is 0 Å². The molecule has 12 heteroatoms. The lowest BCUT2D eigenvalue weighted by atomic mass is 10.1. The topological polar surface area (TPSA) is 107 Å². The molecule has 2 aromatic carbocycles. The van der Waals surface area contributed by atoms with Crippen molar-refractivity contribution >= 4 is 69.1 Å². The number of hydrogen-bond acceptors (Lipinski definition) is 9. The highest BCUT2D eigenvalue weighted by atomic mass is 127. The van der Waals surface area contributed by atoms with Gasteiger partial charge in [-0.1, -0.05) is 6.07 Å². The van der Waals surface area contributed by atoms with E-state index in [4.69, 9.17) is 18.9 Å². The van der Waals surface area contributed by atoms with E-state index in [1.54, 1.807) is 55.3 Å². The first-order chi connectivity index (χ1) is 18.8. The van der Waals surface area contributed by atoms with Crippen molar-refractivity contribution in [2.24, 2.45) is 4.99 Å². The lowest BCUT2D eigenvalue weighted by molar-refractivity contribution is -0.145. The van der Waals surface area contributed by atoms with Gasteiger partial charge >= 0.3 is 5.97 Å². The number of amides is 2. The van der Waals surface area contributed by atoms with Gasteiger partial charge in [0, 0.05) is 25.7 Å². The van der Waals surface area contributed by atoms with E-state index in [1.165, 1.54) is 23.8 Å². The third-order valence-electron chi connectivity index (χ3n) is 5.81. The van der Waals surface area contributed by atoms with Gasteiger partial charge in [0.05, 0.1) is 41.1 Å². The molecule has 206 valence electrons. The Hall–Kier alpha value is -3.10. The van der Waals surface area contributed by atoms with Gasteiger partial charge in [-0.15, -0.1) is 0 Å². The van der Waals surface area contributed by atoms with Crippen molar-refractivity contribution in [1.82, 2.24) is 9.80 Å². The molecule has 2 amide bonds. The zero-order chi connectivity index (χ0) is 27.9. The van der Waals surface area contributed by atoms with E-state index in [1.807, 2.05) is 6.07 Å². The van der Waals surface area contributed by atoms with Crippen LogP contribution in [0, 0.1) is 3.57 Å². The Bertz CT molecular complexity index is 1320. The molecule has 0 atom stereocenters. The zero-order valence-corrected chi connectivity index (χ0v) is 24.7. The van der Waals surface area contributed by atoms with Crippen molar-refractivity contribution in [3.63, 3.8) is 0 Å². The normalized spacial score (nSPS) is 17.6. The van der Waals surface area contributed by atoms with E-state index in [0.29, 0.717) is 62.7 Å². The van der Waals surface area contributed by atoms with Gasteiger partial charge in [-0.2, -0.15) is 0 Å². The van der Waals surface area contributed by atoms with Gasteiger partial charge in [0.1, 0.15) is 0 Å². The Kier molecular flexibility index (Phi) is 9.86. The van der Waals surface area contributed by atoms with Crippen LogP contribution >= 0.6 is 34.4 Å². The summed E-state index contributed by atoms with van der Waals surface area (Å²) in [5.74, 6) is 0.112. The number of likely N-dealkylation sites (N-methyl/N-ethyl adjacent to an activating group) is 1. The predicted molar refractivity (Wildman–Crippen MR) is 156 cm³/mol. The molecule has 2 aromatic rings. The van der Waals surface area contributed by atoms with Gasteiger partial charge in [0.25, 0.3) is 11.8 Å². The number of thioether (sulfide) groups is 1. The number of carbonyl (C=O) groups is 3. The molecule has 10 nitrogen and oxygen atoms in total. The lowest BCUT2D eigenvalue weighted by Gasteiger charge is -2.26. The Morgan fingerprint density at radius 1 is 1.21 bits per heavy atom. The van der Waals surface area contributed by atoms with Gasteiger partial charge < -0.3 is 23.8 Å². The molecule has 0 aromatic heterocycles. The first kappa shape index (κ1) is 28.9. The summed E-state index contributed by atoms with van der Waals surface area (Å²) in [5.41, 5.74) is 1.85. The van der Waals surface area contributed by atoms with Crippen LogP contribution in [-0.4, -0.2) is 86.4 Å². The minimum absolute atomic E-state index is 0.0670. The summed E-state index contributed by atoms with van der Waals surface area (Å²) in [6, 6.07) is 10.6. The van der Waals surface area contributed by atoms with Gasteiger partial charge in [0.15, 0.2) is 23.3 Å². The number of ether oxygens (including phenoxy) is 4. The van der Waals surface area contributed by atoms with Gasteiger partial charge in [-0.05, 0) is 83.2 Å². The quantitative estimate of drug-likeness (QED) is 0.237. The summed E-state index contributed by atoms with van der Waals surface area (Å²) < 4.78 is 22.1. The minimum atomic E-state index is -0.472. The first-order valence-electron chi connectivity index (χ1n) is 12.2. The van der Waals surface area contributed by atoms with Crippen LogP contribution in [0.1, 0.15) is 22.8 Å². The van der Waals surface area contributed by atoms with Crippen molar-refractivity contribution in [3.8, 4) is 11.5 Å². The molecular formula is C27H28IN3O7S. The lowest BCUT2D eigenvalue weighted by Crippen LogP contribution is -2.40. The van der Waals surface area contributed by atoms with Crippen LogP contribution in [0.2, 0.25) is 0 Å². The van der Waals surface area contributed by atoms with Gasteiger partial charge in [0.2, 0.25) is 0 Å². The van der Waals surface area contributed by atoms with E-state index in [0.717, 1.165) is 5.56 Å². The van der Waals surface area contributed by atoms with Crippen LogP contribution in [-0.2, 0) is 19.1 Å². The smallest absolute Gasteiger partial charge is 0.344 e. The molecule has 0 unspecified atom stereocenters. The maximum absolute atomic E-state index is 13.0. The van der Waals surface area contributed by atoms with Crippen LogP contribution in [0.15, 0.2) is 46.3 Å². The van der Waals surface area contributed by atoms with Crippen LogP contribution in [0.4, 0.5) is 5.69 Å². The third kappa shape index (κ3) is 7.11. The maximum Gasteiger partial charge on any atom is 0.344 e. The fraction of sp³-hybridized carbons (Fsp3) is 0.333. The molecule has 2 saturated heterocycles. The van der Waals surface area contributed by atoms with Crippen LogP contribution in [0.25, 0.3) is 6.08 Å². The number of aliphatic imine (C=N–C) groups is 1. The van der Waals surface area contributed by atoms with E-state index in [9.17, 15) is 14.4 Å². The Balaban J connectivity index is 1.53. The molecule has 0 N–H and O–H groups in total. The average Bonchev–Trinajstić information content (AvgIpc) is 3.20. The Morgan fingerprint density at radius 3 is 2.69 bits per heavy atom. The second-order valence-corrected chi connectivity index (χ2v) is 10.6. The number of nitrogens with zero attached hydrogens (tertiary/aromatic N) is 3. The fourth-order valence-electron chi connectivity index (χ4n) is 3.87. The Labute approximate surface area is 244 Å². The number of rotatable bonds is 8. The number of hydrogen-bond donors (Lipinski definition) is 0. The second kappa shape index (κ2) is 13.3. The van der Waals surface area contributed by atoms with E-state index >= 15 is 0 Å². The molecule has 0 aliphatic carbocycles. The number of esters is 1. The molecule has 0 spiro atoms. The summed E-state index contributed by atoms with van der Waals surface area (Å²) in [6.45, 7) is 3.93. The SMILES string of the molecule is CCOC(=O)COc1c(I)cc(/C=C2/SC(=Nc3cccc(C(=O)N4CCOCC4)c3)N(C)C2=O)cc1OC. The van der Waals surface area contributed by atoms with Crippen LogP contribution in [0.5, 0.6) is 11.5 Å². The highest BCUT2D eigenvalue weighted by Gasteiger charge is 2.31. The van der Waals surface area contributed by atoms with Gasteiger partial charge in [-0.3, -0.25) is 14.5 Å². The molecular weight excluding hydrogens is 637 g/mol. The predicted octanol–water partition coefficient (Wildman–Crippen LogP) is 3.95. The summed E-state index contributed by atoms with van der Waals surface area (Å²) in [4.78, 5) is 46.0. The first-order valence-corrected chi connectivity index (χ1v) is 14.1. The van der Waals surface area contributed by atoms with Crippen molar-refractivity contribution < 1.29 is 33.3 Å². The van der Waals surface area contributed by atoms with E-state index in [2.05, 4.69) is 27.6 Å². The maximum atomic E-state index is 13.0. The molecule has 2 aliphatic rings. The number of carbonyl (C=O) groups excluding carboxylic acids is 3. The summed E-state index contributed by atoms with van der Waals surface area (Å²) in [6.07, 6.45) is 1.75. The number of amidine groups is 1. The van der Waals surface area contributed by atoms with Crippen molar-refractivity contribution in [1.29, 1.82) is 0 Å². The largest absolute Gasteiger partial charge is 0.493 e. The molecule has 2 heterocycles. The van der Waals surface area contributed by atoms with E-state index < -0.39 is 5.97 Å². The minimum Gasteiger partial charge on any atom is -0.493 e. The molecule has 4 rings (SSSR count). The number of benzene rings is 2. The third-order valence-corrected chi connectivity index (χ3v) is 7.67. The van der Waals surface area contributed by atoms with Gasteiger partial charge in [-0.25, -0.2) is 9.79 Å². The number of methoxy groups -OCH3 is 1. The molecule has 0 saturated carbocycles. The van der Waals surface area contributed by atoms with Crippen molar-refractivity contribution in [3.05, 3.63) is 56.0 Å². The summed E-state index contributed by atoms with van der Waals surface area (Å²) in [5, 5.41) is 0.498. The highest BCUT2D eigenvalue weighted by Crippen LogP contribution is 2.37. The summed E-state index contributed by atoms with van der Waals surface area (Å²) in [7, 11) is 3.17. The highest BCUT2D eigenvalue weighted by molar-refractivity contribution is 14.1. The molecule has 2 fully saturated rings. The number of halogens is 1.